The standard InChI is InChI=1S/C12H23NO2/c1-9(2)7-10(3)13-6-5-12(4,8-13)11(14)15/h9-10H,5-8H2,1-4H3,(H,14,15). The predicted molar refractivity (Wildman–Crippen MR) is 60.8 cm³/mol. The Balaban J connectivity index is 2.52. The molecule has 2 unspecified atom stereocenters. The van der Waals surface area contributed by atoms with Gasteiger partial charge in [-0.3, -0.25) is 9.69 Å². The van der Waals surface area contributed by atoms with Crippen LogP contribution in [0.1, 0.15) is 40.5 Å². The maximum absolute atomic E-state index is 11.1. The summed E-state index contributed by atoms with van der Waals surface area (Å²) in [6.07, 6.45) is 1.93. The molecule has 0 aromatic rings. The van der Waals surface area contributed by atoms with E-state index >= 15 is 0 Å². The molecule has 3 nitrogen and oxygen atoms in total. The van der Waals surface area contributed by atoms with Crippen LogP contribution < -0.4 is 0 Å². The average Bonchev–Trinajstić information content (AvgIpc) is 2.48. The second kappa shape index (κ2) is 4.52. The van der Waals surface area contributed by atoms with E-state index < -0.39 is 11.4 Å². The molecule has 15 heavy (non-hydrogen) atoms. The first-order valence-corrected chi connectivity index (χ1v) is 5.82. The average molecular weight is 213 g/mol. The number of aliphatic carboxylic acids is 1. The number of carbonyl (C=O) groups is 1. The van der Waals surface area contributed by atoms with Crippen molar-refractivity contribution in [2.45, 2.75) is 46.6 Å². The fraction of sp³-hybridized carbons (Fsp3) is 0.917. The highest BCUT2D eigenvalue weighted by molar-refractivity contribution is 5.74. The first kappa shape index (κ1) is 12.5. The van der Waals surface area contributed by atoms with Crippen LogP contribution in [0.2, 0.25) is 0 Å². The molecule has 1 rings (SSSR count). The van der Waals surface area contributed by atoms with Crippen LogP contribution in [0.25, 0.3) is 0 Å². The van der Waals surface area contributed by atoms with Crippen LogP contribution in [0.4, 0.5) is 0 Å². The monoisotopic (exact) mass is 213 g/mol. The van der Waals surface area contributed by atoms with E-state index in [4.69, 9.17) is 5.11 Å². The van der Waals surface area contributed by atoms with Crippen LogP contribution in [-0.2, 0) is 4.79 Å². The second-order valence-corrected chi connectivity index (χ2v) is 5.56. The van der Waals surface area contributed by atoms with Gasteiger partial charge in [-0.05, 0) is 39.2 Å². The van der Waals surface area contributed by atoms with Gasteiger partial charge in [0.1, 0.15) is 0 Å². The molecule has 1 heterocycles. The number of rotatable bonds is 4. The third kappa shape index (κ3) is 2.94. The minimum absolute atomic E-state index is 0.506. The van der Waals surface area contributed by atoms with E-state index in [0.29, 0.717) is 18.5 Å². The number of hydrogen-bond donors (Lipinski definition) is 1. The molecule has 2 atom stereocenters. The molecule has 0 saturated carbocycles. The largest absolute Gasteiger partial charge is 0.481 e. The highest BCUT2D eigenvalue weighted by atomic mass is 16.4. The zero-order chi connectivity index (χ0) is 11.6. The maximum atomic E-state index is 11.1. The summed E-state index contributed by atoms with van der Waals surface area (Å²) in [5.41, 5.74) is -0.523. The molecule has 1 N–H and O–H groups in total. The van der Waals surface area contributed by atoms with E-state index in [-0.39, 0.29) is 0 Å². The van der Waals surface area contributed by atoms with Gasteiger partial charge in [-0.15, -0.1) is 0 Å². The summed E-state index contributed by atoms with van der Waals surface area (Å²) in [6, 6.07) is 0.506. The van der Waals surface area contributed by atoms with Crippen molar-refractivity contribution in [1.29, 1.82) is 0 Å². The lowest BCUT2D eigenvalue weighted by Gasteiger charge is -2.27. The molecule has 0 aliphatic carbocycles. The summed E-state index contributed by atoms with van der Waals surface area (Å²) in [6.45, 7) is 10.1. The summed E-state index contributed by atoms with van der Waals surface area (Å²) in [4.78, 5) is 13.4. The van der Waals surface area contributed by atoms with Crippen molar-refractivity contribution in [3.63, 3.8) is 0 Å². The summed E-state index contributed by atoms with van der Waals surface area (Å²) in [5, 5.41) is 9.13. The van der Waals surface area contributed by atoms with Crippen molar-refractivity contribution in [1.82, 2.24) is 4.90 Å². The van der Waals surface area contributed by atoms with Crippen LogP contribution in [0.5, 0.6) is 0 Å². The van der Waals surface area contributed by atoms with Crippen LogP contribution in [0.3, 0.4) is 0 Å². The Labute approximate surface area is 92.5 Å². The third-order valence-corrected chi connectivity index (χ3v) is 3.46. The highest BCUT2D eigenvalue weighted by Gasteiger charge is 2.41. The summed E-state index contributed by atoms with van der Waals surface area (Å²) < 4.78 is 0. The van der Waals surface area contributed by atoms with E-state index in [9.17, 15) is 4.79 Å². The summed E-state index contributed by atoms with van der Waals surface area (Å²) in [5.74, 6) is 0.0263. The fourth-order valence-electron chi connectivity index (χ4n) is 2.38. The Morgan fingerprint density at radius 3 is 2.47 bits per heavy atom. The topological polar surface area (TPSA) is 40.5 Å². The van der Waals surface area contributed by atoms with Crippen molar-refractivity contribution in [3.8, 4) is 0 Å². The number of hydrogen-bond acceptors (Lipinski definition) is 2. The summed E-state index contributed by atoms with van der Waals surface area (Å²) in [7, 11) is 0. The van der Waals surface area contributed by atoms with Gasteiger partial charge in [0.2, 0.25) is 0 Å². The van der Waals surface area contributed by atoms with Gasteiger partial charge < -0.3 is 5.11 Å². The molecule has 0 bridgehead atoms. The lowest BCUT2D eigenvalue weighted by atomic mass is 9.90. The van der Waals surface area contributed by atoms with Crippen LogP contribution >= 0.6 is 0 Å². The minimum atomic E-state index is -0.651. The van der Waals surface area contributed by atoms with Gasteiger partial charge in [-0.25, -0.2) is 0 Å². The number of carboxylic acid groups (broad SMARTS) is 1. The summed E-state index contributed by atoms with van der Waals surface area (Å²) >= 11 is 0. The first-order valence-electron chi connectivity index (χ1n) is 5.82. The lowest BCUT2D eigenvalue weighted by molar-refractivity contribution is -0.147. The van der Waals surface area contributed by atoms with Crippen molar-refractivity contribution in [2.75, 3.05) is 13.1 Å². The first-order chi connectivity index (χ1) is 6.85. The van der Waals surface area contributed by atoms with Crippen molar-refractivity contribution in [2.24, 2.45) is 11.3 Å². The molecule has 0 aromatic carbocycles. The minimum Gasteiger partial charge on any atom is -0.481 e. The van der Waals surface area contributed by atoms with E-state index in [1.807, 2.05) is 6.92 Å². The van der Waals surface area contributed by atoms with Crippen molar-refractivity contribution < 1.29 is 9.90 Å². The third-order valence-electron chi connectivity index (χ3n) is 3.46. The number of carboxylic acids is 1. The van der Waals surface area contributed by atoms with E-state index in [1.54, 1.807) is 0 Å². The molecule has 0 radical (unpaired) electrons. The van der Waals surface area contributed by atoms with Crippen molar-refractivity contribution in [3.05, 3.63) is 0 Å². The van der Waals surface area contributed by atoms with Gasteiger partial charge in [0.25, 0.3) is 0 Å². The predicted octanol–water partition coefficient (Wildman–Crippen LogP) is 2.22. The van der Waals surface area contributed by atoms with Gasteiger partial charge in [0.15, 0.2) is 0 Å². The molecular weight excluding hydrogens is 190 g/mol. The Kier molecular flexibility index (Phi) is 3.77. The molecule has 1 saturated heterocycles. The van der Waals surface area contributed by atoms with E-state index in [2.05, 4.69) is 25.7 Å². The van der Waals surface area contributed by atoms with Gasteiger partial charge in [-0.2, -0.15) is 0 Å². The maximum Gasteiger partial charge on any atom is 0.310 e. The van der Waals surface area contributed by atoms with Crippen LogP contribution in [0, 0.1) is 11.3 Å². The molecule has 1 fully saturated rings. The molecule has 88 valence electrons. The Morgan fingerprint density at radius 2 is 2.07 bits per heavy atom. The van der Waals surface area contributed by atoms with Gasteiger partial charge in [-0.1, -0.05) is 13.8 Å². The number of nitrogens with zero attached hydrogens (tertiary/aromatic N) is 1. The zero-order valence-electron chi connectivity index (χ0n) is 10.3. The van der Waals surface area contributed by atoms with Crippen molar-refractivity contribution >= 4 is 5.97 Å². The molecule has 1 aliphatic rings. The molecule has 0 amide bonds. The Hall–Kier alpha value is -0.570. The Morgan fingerprint density at radius 1 is 1.47 bits per heavy atom. The molecule has 1 aliphatic heterocycles. The quantitative estimate of drug-likeness (QED) is 0.778. The van der Waals surface area contributed by atoms with E-state index in [1.165, 1.54) is 0 Å². The molecule has 0 spiro atoms. The van der Waals surface area contributed by atoms with E-state index in [0.717, 1.165) is 19.4 Å². The molecule has 0 aromatic heterocycles. The fourth-order valence-corrected chi connectivity index (χ4v) is 2.38. The normalized spacial score (nSPS) is 29.7. The molecular formula is C12H23NO2. The smallest absolute Gasteiger partial charge is 0.310 e. The number of likely N-dealkylation sites (tertiary alicyclic amines) is 1. The highest BCUT2D eigenvalue weighted by Crippen LogP contribution is 2.32. The SMILES string of the molecule is CC(C)CC(C)N1CCC(C)(C(=O)O)C1. The zero-order valence-corrected chi connectivity index (χ0v) is 10.3. The lowest BCUT2D eigenvalue weighted by Crippen LogP contribution is -2.36. The van der Waals surface area contributed by atoms with Crippen LogP contribution in [0.15, 0.2) is 0 Å². The van der Waals surface area contributed by atoms with Crippen LogP contribution in [-0.4, -0.2) is 35.1 Å². The second-order valence-electron chi connectivity index (χ2n) is 5.56. The Bertz CT molecular complexity index is 240. The molecule has 3 heteroatoms. The van der Waals surface area contributed by atoms with Gasteiger partial charge in [0, 0.05) is 12.6 Å². The van der Waals surface area contributed by atoms with Gasteiger partial charge in [0.05, 0.1) is 5.41 Å². The van der Waals surface area contributed by atoms with Gasteiger partial charge >= 0.3 is 5.97 Å².